The minimum atomic E-state index is 0.598. The largest absolute Gasteiger partial charge is 0.0613 e. The van der Waals surface area contributed by atoms with Crippen LogP contribution < -0.4 is 0 Å². The Morgan fingerprint density at radius 3 is 2.27 bits per heavy atom. The minimum Gasteiger partial charge on any atom is -0.0613 e. The fourth-order valence-corrected chi connectivity index (χ4v) is 2.21. The van der Waals surface area contributed by atoms with Crippen molar-refractivity contribution in [3.05, 3.63) is 47.5 Å². The van der Waals surface area contributed by atoms with Gasteiger partial charge in [0, 0.05) is 0 Å². The monoisotopic (exact) mass is 198 g/mol. The van der Waals surface area contributed by atoms with Gasteiger partial charge in [0.2, 0.25) is 0 Å². The first-order chi connectivity index (χ1) is 7.24. The molecule has 2 aromatic rings. The Labute approximate surface area is 91.9 Å². The van der Waals surface area contributed by atoms with E-state index in [2.05, 4.69) is 57.2 Å². The number of benzene rings is 2. The van der Waals surface area contributed by atoms with Gasteiger partial charge in [-0.2, -0.15) is 0 Å². The number of hydrogen-bond donors (Lipinski definition) is 0. The molecule has 0 radical (unpaired) electrons. The number of hydrogen-bond acceptors (Lipinski definition) is 0. The second-order valence-electron chi connectivity index (χ2n) is 4.37. The van der Waals surface area contributed by atoms with E-state index in [4.69, 9.17) is 0 Å². The van der Waals surface area contributed by atoms with Crippen LogP contribution in [0.5, 0.6) is 0 Å². The summed E-state index contributed by atoms with van der Waals surface area (Å²) in [6.07, 6.45) is 1.11. The summed E-state index contributed by atoms with van der Waals surface area (Å²) in [5, 5.41) is 2.85. The van der Waals surface area contributed by atoms with Gasteiger partial charge in [0.25, 0.3) is 0 Å². The number of rotatable bonds is 2. The Morgan fingerprint density at radius 1 is 0.933 bits per heavy atom. The highest BCUT2D eigenvalue weighted by Gasteiger charge is 2.05. The highest BCUT2D eigenvalue weighted by Crippen LogP contribution is 2.27. The molecule has 0 unspecified atom stereocenters. The van der Waals surface area contributed by atoms with Gasteiger partial charge in [0.1, 0.15) is 0 Å². The zero-order valence-electron chi connectivity index (χ0n) is 9.75. The summed E-state index contributed by atoms with van der Waals surface area (Å²) in [7, 11) is 0. The van der Waals surface area contributed by atoms with Crippen molar-refractivity contribution in [3.63, 3.8) is 0 Å². The van der Waals surface area contributed by atoms with Crippen molar-refractivity contribution in [2.45, 2.75) is 33.1 Å². The molecule has 0 heterocycles. The maximum Gasteiger partial charge on any atom is -0.0147 e. The molecular weight excluding hydrogens is 180 g/mol. The van der Waals surface area contributed by atoms with E-state index in [-0.39, 0.29) is 0 Å². The van der Waals surface area contributed by atoms with E-state index in [1.54, 1.807) is 0 Å². The quantitative estimate of drug-likeness (QED) is 0.665. The van der Waals surface area contributed by atoms with Crippen molar-refractivity contribution in [3.8, 4) is 0 Å². The fourth-order valence-electron chi connectivity index (χ4n) is 2.21. The number of fused-ring (bicyclic) bond motifs is 1. The lowest BCUT2D eigenvalue weighted by Gasteiger charge is -2.11. The topological polar surface area (TPSA) is 0 Å². The lowest BCUT2D eigenvalue weighted by Crippen LogP contribution is -1.91. The van der Waals surface area contributed by atoms with Crippen molar-refractivity contribution in [1.29, 1.82) is 0 Å². The van der Waals surface area contributed by atoms with Crippen LogP contribution in [0.3, 0.4) is 0 Å². The highest BCUT2D eigenvalue weighted by atomic mass is 14.1. The molecule has 0 spiro atoms. The second kappa shape index (κ2) is 4.06. The summed E-state index contributed by atoms with van der Waals surface area (Å²) in [4.78, 5) is 0. The zero-order chi connectivity index (χ0) is 10.8. The van der Waals surface area contributed by atoms with E-state index in [0.29, 0.717) is 5.92 Å². The SMILES string of the molecule is CCc1cccc2c(C(C)C)cccc12. The van der Waals surface area contributed by atoms with Crippen molar-refractivity contribution < 1.29 is 0 Å². The van der Waals surface area contributed by atoms with E-state index in [1.807, 2.05) is 0 Å². The van der Waals surface area contributed by atoms with Gasteiger partial charge in [-0.25, -0.2) is 0 Å². The summed E-state index contributed by atoms with van der Waals surface area (Å²) in [6, 6.07) is 13.3. The average molecular weight is 198 g/mol. The van der Waals surface area contributed by atoms with Crippen LogP contribution in [0.25, 0.3) is 10.8 Å². The van der Waals surface area contributed by atoms with Crippen LogP contribution in [0.4, 0.5) is 0 Å². The Bertz CT molecular complexity index is 466. The van der Waals surface area contributed by atoms with Crippen molar-refractivity contribution in [2.24, 2.45) is 0 Å². The molecule has 0 bridgehead atoms. The molecule has 0 amide bonds. The standard InChI is InChI=1S/C15H18/c1-4-12-7-5-10-15-13(11(2)3)8-6-9-14(12)15/h5-11H,4H2,1-3H3. The highest BCUT2D eigenvalue weighted by molar-refractivity contribution is 5.89. The summed E-state index contributed by atoms with van der Waals surface area (Å²) in [5.41, 5.74) is 2.91. The molecule has 0 saturated heterocycles. The van der Waals surface area contributed by atoms with Crippen LogP contribution >= 0.6 is 0 Å². The minimum absolute atomic E-state index is 0.598. The molecule has 2 aromatic carbocycles. The molecule has 78 valence electrons. The first-order valence-electron chi connectivity index (χ1n) is 5.74. The second-order valence-corrected chi connectivity index (χ2v) is 4.37. The molecule has 0 aromatic heterocycles. The average Bonchev–Trinajstić information content (AvgIpc) is 2.27. The van der Waals surface area contributed by atoms with Crippen LogP contribution in [0.15, 0.2) is 36.4 Å². The predicted octanol–water partition coefficient (Wildman–Crippen LogP) is 4.53. The van der Waals surface area contributed by atoms with Gasteiger partial charge in [-0.1, -0.05) is 57.2 Å². The molecule has 2 rings (SSSR count). The molecule has 0 N–H and O–H groups in total. The summed E-state index contributed by atoms with van der Waals surface area (Å²) >= 11 is 0. The number of aryl methyl sites for hydroxylation is 1. The first-order valence-corrected chi connectivity index (χ1v) is 5.74. The third kappa shape index (κ3) is 1.77. The van der Waals surface area contributed by atoms with Crippen LogP contribution in [0, 0.1) is 0 Å². The molecule has 15 heavy (non-hydrogen) atoms. The van der Waals surface area contributed by atoms with Crippen LogP contribution in [-0.4, -0.2) is 0 Å². The van der Waals surface area contributed by atoms with Gasteiger partial charge in [0.05, 0.1) is 0 Å². The first kappa shape index (κ1) is 10.2. The molecule has 0 nitrogen and oxygen atoms in total. The van der Waals surface area contributed by atoms with E-state index >= 15 is 0 Å². The fraction of sp³-hybridized carbons (Fsp3) is 0.333. The van der Waals surface area contributed by atoms with Crippen molar-refractivity contribution >= 4 is 10.8 Å². The zero-order valence-corrected chi connectivity index (χ0v) is 9.75. The van der Waals surface area contributed by atoms with E-state index in [9.17, 15) is 0 Å². The van der Waals surface area contributed by atoms with Gasteiger partial charge < -0.3 is 0 Å². The van der Waals surface area contributed by atoms with Crippen LogP contribution in [0.1, 0.15) is 37.8 Å². The predicted molar refractivity (Wildman–Crippen MR) is 67.4 cm³/mol. The Kier molecular flexibility index (Phi) is 2.77. The lowest BCUT2D eigenvalue weighted by atomic mass is 9.93. The van der Waals surface area contributed by atoms with Crippen molar-refractivity contribution in [2.75, 3.05) is 0 Å². The lowest BCUT2D eigenvalue weighted by molar-refractivity contribution is 0.876. The van der Waals surface area contributed by atoms with E-state index < -0.39 is 0 Å². The van der Waals surface area contributed by atoms with E-state index in [0.717, 1.165) is 6.42 Å². The molecule has 0 aliphatic carbocycles. The maximum absolute atomic E-state index is 2.26. The molecule has 0 saturated carbocycles. The smallest absolute Gasteiger partial charge is 0.0147 e. The van der Waals surface area contributed by atoms with Gasteiger partial charge in [0.15, 0.2) is 0 Å². The van der Waals surface area contributed by atoms with Gasteiger partial charge in [-0.15, -0.1) is 0 Å². The summed E-state index contributed by atoms with van der Waals surface area (Å²) in [6.45, 7) is 6.73. The molecular formula is C15H18. The Morgan fingerprint density at radius 2 is 1.60 bits per heavy atom. The van der Waals surface area contributed by atoms with Gasteiger partial charge >= 0.3 is 0 Å². The molecule has 0 aliphatic heterocycles. The molecule has 0 heteroatoms. The van der Waals surface area contributed by atoms with Crippen LogP contribution in [-0.2, 0) is 6.42 Å². The maximum atomic E-state index is 2.26. The molecule has 0 fully saturated rings. The Balaban J connectivity index is 2.76. The molecule has 0 aliphatic rings. The van der Waals surface area contributed by atoms with Gasteiger partial charge in [-0.05, 0) is 34.2 Å². The molecule has 0 atom stereocenters. The summed E-state index contributed by atoms with van der Waals surface area (Å²) in [5.74, 6) is 0.598. The third-order valence-corrected chi connectivity index (χ3v) is 3.05. The normalized spacial score (nSPS) is 11.2. The Hall–Kier alpha value is -1.30. The summed E-state index contributed by atoms with van der Waals surface area (Å²) < 4.78 is 0. The van der Waals surface area contributed by atoms with Crippen molar-refractivity contribution in [1.82, 2.24) is 0 Å². The van der Waals surface area contributed by atoms with E-state index in [1.165, 1.54) is 21.9 Å². The van der Waals surface area contributed by atoms with Gasteiger partial charge in [-0.3, -0.25) is 0 Å². The van der Waals surface area contributed by atoms with Crippen LogP contribution in [0.2, 0.25) is 0 Å². The third-order valence-electron chi connectivity index (χ3n) is 3.05.